The van der Waals surface area contributed by atoms with Gasteiger partial charge in [0.05, 0.1) is 47.2 Å². The summed E-state index contributed by atoms with van der Waals surface area (Å²) in [5.74, 6) is -0.329. The molecule has 6 nitrogen and oxygen atoms in total. The van der Waals surface area contributed by atoms with Gasteiger partial charge < -0.3 is 20.0 Å². The van der Waals surface area contributed by atoms with E-state index in [4.69, 9.17) is 0 Å². The maximum atomic E-state index is 13.9. The first-order valence-electron chi connectivity index (χ1n) is 13.2. The summed E-state index contributed by atoms with van der Waals surface area (Å²) in [7, 11) is 1.39. The van der Waals surface area contributed by atoms with Gasteiger partial charge in [0.2, 0.25) is 5.91 Å². The lowest BCUT2D eigenvalue weighted by atomic mass is 9.81. The highest BCUT2D eigenvalue weighted by Gasteiger charge is 2.41. The number of carbonyl (C=O) groups excluding carboxylic acids is 1. The van der Waals surface area contributed by atoms with Crippen molar-refractivity contribution in [3.8, 4) is 11.1 Å². The third-order valence-corrected chi connectivity index (χ3v) is 7.81. The highest BCUT2D eigenvalue weighted by atomic mass is 19.4. The van der Waals surface area contributed by atoms with E-state index in [2.05, 4.69) is 4.98 Å². The lowest BCUT2D eigenvalue weighted by Crippen LogP contribution is -2.42. The number of alkyl halides is 6. The van der Waals surface area contributed by atoms with Crippen molar-refractivity contribution in [3.63, 3.8) is 0 Å². The third-order valence-electron chi connectivity index (χ3n) is 7.81. The number of benzene rings is 2. The first-order chi connectivity index (χ1) is 19.5. The van der Waals surface area contributed by atoms with Gasteiger partial charge in [0.15, 0.2) is 0 Å². The van der Waals surface area contributed by atoms with E-state index in [1.165, 1.54) is 32.0 Å². The average Bonchev–Trinajstić information content (AvgIpc) is 3.31. The molecule has 1 aliphatic rings. The van der Waals surface area contributed by atoms with Gasteiger partial charge in [-0.1, -0.05) is 24.3 Å². The van der Waals surface area contributed by atoms with Crippen LogP contribution in [0.5, 0.6) is 0 Å². The van der Waals surface area contributed by atoms with Crippen molar-refractivity contribution in [1.82, 2.24) is 4.98 Å². The van der Waals surface area contributed by atoms with Gasteiger partial charge >= 0.3 is 12.4 Å². The smallest absolute Gasteiger partial charge is 0.394 e. The number of likely N-dealkylation sites (N-methyl/N-ethyl adjacent to an activating group) is 1. The summed E-state index contributed by atoms with van der Waals surface area (Å²) in [6.45, 7) is 4.50. The number of pyridine rings is 1. The Kier molecular flexibility index (Phi) is 8.36. The molecule has 1 aliphatic heterocycles. The molecule has 4 rings (SSSR count). The zero-order valence-electron chi connectivity index (χ0n) is 23.4. The van der Waals surface area contributed by atoms with E-state index < -0.39 is 52.5 Å². The molecule has 1 aromatic heterocycles. The predicted octanol–water partition coefficient (Wildman–Crippen LogP) is 5.97. The number of aryl methyl sites for hydroxylation is 1. The second-order valence-corrected chi connectivity index (χ2v) is 11.0. The summed E-state index contributed by atoms with van der Waals surface area (Å²) in [4.78, 5) is 21.3. The summed E-state index contributed by atoms with van der Waals surface area (Å²) in [5, 5.41) is 20.1. The normalized spacial score (nSPS) is 18.0. The Morgan fingerprint density at radius 3 is 2.10 bits per heavy atom. The van der Waals surface area contributed by atoms with Crippen LogP contribution in [0.1, 0.15) is 42.5 Å². The number of hydrogen-bond donors (Lipinski definition) is 2. The molecule has 0 radical (unpaired) electrons. The predicted molar refractivity (Wildman–Crippen MR) is 146 cm³/mol. The minimum atomic E-state index is -5.06. The monoisotopic (exact) mass is 595 g/mol. The summed E-state index contributed by atoms with van der Waals surface area (Å²) in [5.41, 5.74) is -2.91. The number of anilines is 2. The zero-order valence-corrected chi connectivity index (χ0v) is 23.4. The number of nitrogens with zero attached hydrogens (tertiary/aromatic N) is 3. The van der Waals surface area contributed by atoms with Crippen LogP contribution < -0.4 is 9.80 Å². The largest absolute Gasteiger partial charge is 0.416 e. The van der Waals surface area contributed by atoms with Crippen LogP contribution in [0.3, 0.4) is 0 Å². The molecule has 0 unspecified atom stereocenters. The van der Waals surface area contributed by atoms with Crippen LogP contribution in [0.2, 0.25) is 0 Å². The maximum absolute atomic E-state index is 13.9. The molecular formula is C30H31F6N3O3. The molecule has 1 saturated heterocycles. The highest BCUT2D eigenvalue weighted by molar-refractivity contribution is 6.03. The van der Waals surface area contributed by atoms with Crippen molar-refractivity contribution in [1.29, 1.82) is 0 Å². The topological polar surface area (TPSA) is 76.9 Å². The second kappa shape index (κ2) is 11.2. The molecule has 2 aromatic carbocycles. The van der Waals surface area contributed by atoms with Crippen LogP contribution in [0.4, 0.5) is 37.8 Å². The summed E-state index contributed by atoms with van der Waals surface area (Å²) < 4.78 is 81.4. The molecular weight excluding hydrogens is 564 g/mol. The summed E-state index contributed by atoms with van der Waals surface area (Å²) in [6.07, 6.45) is -9.07. The van der Waals surface area contributed by atoms with E-state index in [0.29, 0.717) is 42.0 Å². The van der Waals surface area contributed by atoms with Crippen molar-refractivity contribution in [2.75, 3.05) is 30.0 Å². The van der Waals surface area contributed by atoms with Gasteiger partial charge in [-0.25, -0.2) is 4.98 Å². The van der Waals surface area contributed by atoms with Crippen molar-refractivity contribution < 1.29 is 41.4 Å². The van der Waals surface area contributed by atoms with Gasteiger partial charge in [-0.15, -0.1) is 0 Å². The van der Waals surface area contributed by atoms with E-state index in [-0.39, 0.29) is 18.4 Å². The molecule has 2 atom stereocenters. The van der Waals surface area contributed by atoms with Crippen LogP contribution in [-0.4, -0.2) is 53.4 Å². The molecule has 226 valence electrons. The fourth-order valence-corrected chi connectivity index (χ4v) is 5.26. The number of halogens is 6. The van der Waals surface area contributed by atoms with Gasteiger partial charge in [0, 0.05) is 19.2 Å². The van der Waals surface area contributed by atoms with Crippen molar-refractivity contribution >= 4 is 17.4 Å². The van der Waals surface area contributed by atoms with E-state index in [0.717, 1.165) is 5.56 Å². The number of carbonyl (C=O) groups is 1. The minimum Gasteiger partial charge on any atom is -0.394 e. The van der Waals surface area contributed by atoms with E-state index in [1.807, 2.05) is 25.1 Å². The van der Waals surface area contributed by atoms with E-state index in [9.17, 15) is 41.4 Å². The quantitative estimate of drug-likeness (QED) is 0.344. The Bertz CT molecular complexity index is 1440. The molecule has 2 heterocycles. The molecule has 12 heteroatoms. The Morgan fingerprint density at radius 1 is 0.976 bits per heavy atom. The number of rotatable bonds is 6. The molecule has 1 amide bonds. The van der Waals surface area contributed by atoms with Gasteiger partial charge in [-0.05, 0) is 68.1 Å². The fraction of sp³-hybridized carbons (Fsp3) is 0.400. The molecule has 2 N–H and O–H groups in total. The van der Waals surface area contributed by atoms with Gasteiger partial charge in [0.1, 0.15) is 5.82 Å². The molecule has 42 heavy (non-hydrogen) atoms. The fourth-order valence-electron chi connectivity index (χ4n) is 5.26. The molecule has 1 fully saturated rings. The number of aliphatic hydroxyl groups is 2. The van der Waals surface area contributed by atoms with Crippen molar-refractivity contribution in [2.24, 2.45) is 0 Å². The lowest BCUT2D eigenvalue weighted by Gasteiger charge is -2.32. The molecule has 3 aromatic rings. The Morgan fingerprint density at radius 2 is 1.55 bits per heavy atom. The Labute approximate surface area is 239 Å². The first kappa shape index (κ1) is 31.3. The van der Waals surface area contributed by atoms with Crippen LogP contribution in [0.25, 0.3) is 11.1 Å². The lowest BCUT2D eigenvalue weighted by molar-refractivity contribution is -0.143. The average molecular weight is 596 g/mol. The third kappa shape index (κ3) is 5.96. The zero-order chi connectivity index (χ0) is 31.2. The van der Waals surface area contributed by atoms with Gasteiger partial charge in [0.25, 0.3) is 0 Å². The van der Waals surface area contributed by atoms with Crippen molar-refractivity contribution in [2.45, 2.75) is 57.1 Å². The number of amides is 1. The highest BCUT2D eigenvalue weighted by Crippen LogP contribution is 2.41. The second-order valence-electron chi connectivity index (χ2n) is 11.0. The van der Waals surface area contributed by atoms with Crippen molar-refractivity contribution in [3.05, 3.63) is 77.0 Å². The number of aliphatic hydroxyl groups excluding tert-OH is 2. The van der Waals surface area contributed by atoms with Crippen LogP contribution in [-0.2, 0) is 22.6 Å². The molecule has 0 bridgehead atoms. The number of aromatic nitrogens is 1. The van der Waals surface area contributed by atoms with Gasteiger partial charge in [-0.3, -0.25) is 4.79 Å². The van der Waals surface area contributed by atoms with E-state index >= 15 is 0 Å². The Hall–Kier alpha value is -3.64. The van der Waals surface area contributed by atoms with Crippen LogP contribution in [0, 0.1) is 6.92 Å². The molecule has 0 spiro atoms. The summed E-state index contributed by atoms with van der Waals surface area (Å²) >= 11 is 0. The van der Waals surface area contributed by atoms with Gasteiger partial charge in [-0.2, -0.15) is 26.3 Å². The standard InChI is InChI=1S/C30H31F6N3O3/c1-17-7-5-6-8-21(17)22-14-26(39-10-9-25(41)24(39)16-40)37-15-23(22)38(4)27(42)28(2,3)18-11-19(29(31,32)33)13-20(12-18)30(34,35)36/h5-8,11-15,24-25,40-41H,9-10,16H2,1-4H3/t24-,25-/m0/s1. The minimum absolute atomic E-state index is 0.0294. The Balaban J connectivity index is 1.82. The van der Waals surface area contributed by atoms with Crippen LogP contribution in [0.15, 0.2) is 54.7 Å². The maximum Gasteiger partial charge on any atom is 0.416 e. The summed E-state index contributed by atoms with van der Waals surface area (Å²) in [6, 6.07) is 9.54. The SMILES string of the molecule is Cc1ccccc1-c1cc(N2CC[C@H](O)[C@@H]2CO)ncc1N(C)C(=O)C(C)(C)c1cc(C(F)(F)F)cc(C(F)(F)F)c1. The molecule has 0 aliphatic carbocycles. The molecule has 0 saturated carbocycles. The van der Waals surface area contributed by atoms with E-state index in [1.54, 1.807) is 17.0 Å². The van der Waals surface area contributed by atoms with Crippen LogP contribution >= 0.6 is 0 Å². The first-order valence-corrected chi connectivity index (χ1v) is 13.2. The number of hydrogen-bond acceptors (Lipinski definition) is 5.